The highest BCUT2D eigenvalue weighted by Crippen LogP contribution is 2.58. The molecule has 0 fully saturated rings. The molecular weight excluding hydrogens is 424 g/mol. The third-order valence-corrected chi connectivity index (χ3v) is 6.56. The molecule has 2 aliphatic rings. The summed E-state index contributed by atoms with van der Waals surface area (Å²) in [5.41, 5.74) is 1.07. The highest BCUT2D eigenvalue weighted by Gasteiger charge is 2.55. The zero-order chi connectivity index (χ0) is 23.8. The highest BCUT2D eigenvalue weighted by molar-refractivity contribution is 6.14. The van der Waals surface area contributed by atoms with Gasteiger partial charge in [0, 0.05) is 11.6 Å². The second-order valence-corrected chi connectivity index (χ2v) is 8.48. The molecule has 1 aromatic heterocycles. The number of nitrogens with zero attached hydrogens (tertiary/aromatic N) is 2. The number of hydrogen-bond acceptors (Lipinski definition) is 7. The van der Waals surface area contributed by atoms with Gasteiger partial charge in [0.25, 0.3) is 0 Å². The van der Waals surface area contributed by atoms with E-state index in [0.717, 1.165) is 5.69 Å². The Labute approximate surface area is 189 Å². The van der Waals surface area contributed by atoms with Crippen molar-refractivity contribution in [2.45, 2.75) is 33.1 Å². The maximum absolute atomic E-state index is 13.9. The first-order chi connectivity index (χ1) is 15.6. The van der Waals surface area contributed by atoms with E-state index in [1.54, 1.807) is 43.8 Å². The maximum atomic E-state index is 13.9. The second-order valence-electron chi connectivity index (χ2n) is 8.48. The number of methoxy groups -OCH3 is 1. The summed E-state index contributed by atoms with van der Waals surface area (Å²) < 4.78 is 12.9. The fourth-order valence-corrected chi connectivity index (χ4v) is 4.71. The summed E-state index contributed by atoms with van der Waals surface area (Å²) in [5.74, 6) is -0.399. The van der Waals surface area contributed by atoms with Crippen LogP contribution in [0.5, 0.6) is 23.0 Å². The van der Waals surface area contributed by atoms with Gasteiger partial charge in [0.1, 0.15) is 39.7 Å². The van der Waals surface area contributed by atoms with E-state index in [9.17, 15) is 19.8 Å². The summed E-state index contributed by atoms with van der Waals surface area (Å²) in [5, 5.41) is 26.0. The Kier molecular flexibility index (Phi) is 4.23. The van der Waals surface area contributed by atoms with Crippen molar-refractivity contribution < 1.29 is 29.3 Å². The van der Waals surface area contributed by atoms with Crippen molar-refractivity contribution in [1.29, 1.82) is 0 Å². The van der Waals surface area contributed by atoms with Crippen LogP contribution in [0.15, 0.2) is 30.0 Å². The number of rotatable bonds is 3. The zero-order valence-corrected chi connectivity index (χ0v) is 18.8. The Morgan fingerprint density at radius 3 is 2.42 bits per heavy atom. The quantitative estimate of drug-likeness (QED) is 0.585. The Bertz CT molecular complexity index is 1410. The van der Waals surface area contributed by atoms with Crippen molar-refractivity contribution >= 4 is 17.6 Å². The SMILES string of the molecule is COc1ccc(-n2nc(C)c3c2C=C2Oc4c(C(C)=O)c(O)c(C)c(O)c4[C@]2(C)C3=O)cc1. The molecular formula is C25H22N2O6. The lowest BCUT2D eigenvalue weighted by Gasteiger charge is -2.27. The summed E-state index contributed by atoms with van der Waals surface area (Å²) in [4.78, 5) is 26.3. The molecule has 0 unspecified atom stereocenters. The minimum absolute atomic E-state index is 0.0111. The molecule has 1 aliphatic heterocycles. The predicted molar refractivity (Wildman–Crippen MR) is 120 cm³/mol. The number of hydrogen-bond donors (Lipinski definition) is 2. The Hall–Kier alpha value is -4.07. The summed E-state index contributed by atoms with van der Waals surface area (Å²) in [6.45, 7) is 6.20. The number of carbonyl (C=O) groups excluding carboxylic acids is 2. The minimum Gasteiger partial charge on any atom is -0.507 e. The molecule has 168 valence electrons. The van der Waals surface area contributed by atoms with E-state index in [4.69, 9.17) is 9.47 Å². The number of ether oxygens (including phenoxy) is 2. The van der Waals surface area contributed by atoms with Crippen molar-refractivity contribution in [1.82, 2.24) is 9.78 Å². The van der Waals surface area contributed by atoms with Crippen LogP contribution < -0.4 is 9.47 Å². The number of carbonyl (C=O) groups is 2. The molecule has 1 atom stereocenters. The molecule has 1 aliphatic carbocycles. The number of aromatic nitrogens is 2. The monoisotopic (exact) mass is 446 g/mol. The van der Waals surface area contributed by atoms with Gasteiger partial charge in [-0.05, 0) is 52.0 Å². The number of phenols is 2. The van der Waals surface area contributed by atoms with E-state index in [1.807, 2.05) is 12.1 Å². The van der Waals surface area contributed by atoms with Gasteiger partial charge < -0.3 is 19.7 Å². The molecule has 8 nitrogen and oxygen atoms in total. The first-order valence-electron chi connectivity index (χ1n) is 10.4. The van der Waals surface area contributed by atoms with Gasteiger partial charge in [-0.25, -0.2) is 4.68 Å². The lowest BCUT2D eigenvalue weighted by molar-refractivity contribution is 0.0905. The highest BCUT2D eigenvalue weighted by atomic mass is 16.5. The number of aryl methyl sites for hydroxylation is 1. The predicted octanol–water partition coefficient (Wildman–Crippen LogP) is 4.00. The Morgan fingerprint density at radius 1 is 1.15 bits per heavy atom. The number of phenolic OH excluding ortho intramolecular Hbond substituents is 2. The van der Waals surface area contributed by atoms with Gasteiger partial charge in [0.2, 0.25) is 0 Å². The largest absolute Gasteiger partial charge is 0.507 e. The molecule has 0 saturated carbocycles. The van der Waals surface area contributed by atoms with Gasteiger partial charge in [0.15, 0.2) is 11.6 Å². The molecule has 0 amide bonds. The fraction of sp³-hybridized carbons (Fsp3) is 0.240. The van der Waals surface area contributed by atoms with Crippen molar-refractivity contribution in [3.8, 4) is 28.7 Å². The zero-order valence-electron chi connectivity index (χ0n) is 18.8. The molecule has 0 radical (unpaired) electrons. The van der Waals surface area contributed by atoms with Crippen molar-refractivity contribution in [2.24, 2.45) is 0 Å². The normalized spacial score (nSPS) is 18.2. The number of benzene rings is 2. The third-order valence-electron chi connectivity index (χ3n) is 6.56. The average molecular weight is 446 g/mol. The van der Waals surface area contributed by atoms with E-state index in [0.29, 0.717) is 22.7 Å². The van der Waals surface area contributed by atoms with Crippen LogP contribution in [0, 0.1) is 13.8 Å². The van der Waals surface area contributed by atoms with Gasteiger partial charge in [-0.1, -0.05) is 0 Å². The molecule has 3 aromatic rings. The lowest BCUT2D eigenvalue weighted by atomic mass is 9.71. The molecule has 0 bridgehead atoms. The lowest BCUT2D eigenvalue weighted by Crippen LogP contribution is -2.36. The average Bonchev–Trinajstić information content (AvgIpc) is 3.27. The molecule has 0 spiro atoms. The van der Waals surface area contributed by atoms with Crippen LogP contribution >= 0.6 is 0 Å². The standard InChI is InChI=1S/C25H22N2O6/c1-11-21(29)19(13(3)28)23-20(22(11)30)25(4)17(33-23)10-16-18(24(25)31)12(2)26-27(16)14-6-8-15(32-5)9-7-14/h6-10,29-30H,1-5H3/t25-/m1/s1. The van der Waals surface area contributed by atoms with Gasteiger partial charge in [-0.2, -0.15) is 5.10 Å². The molecule has 0 saturated heterocycles. The van der Waals surface area contributed by atoms with E-state index < -0.39 is 11.2 Å². The van der Waals surface area contributed by atoms with E-state index in [2.05, 4.69) is 5.10 Å². The van der Waals surface area contributed by atoms with Crippen molar-refractivity contribution in [3.63, 3.8) is 0 Å². The van der Waals surface area contributed by atoms with Gasteiger partial charge in [-0.15, -0.1) is 0 Å². The minimum atomic E-state index is -1.37. The van der Waals surface area contributed by atoms with E-state index in [1.165, 1.54) is 13.8 Å². The molecule has 8 heteroatoms. The van der Waals surface area contributed by atoms with Crippen molar-refractivity contribution in [3.05, 3.63) is 63.7 Å². The Morgan fingerprint density at radius 2 is 1.82 bits per heavy atom. The molecule has 2 heterocycles. The number of fused-ring (bicyclic) bond motifs is 4. The van der Waals surface area contributed by atoms with Crippen LogP contribution in [0.4, 0.5) is 0 Å². The Balaban J connectivity index is 1.77. The van der Waals surface area contributed by atoms with Crippen LogP contribution in [0.3, 0.4) is 0 Å². The second kappa shape index (κ2) is 6.71. The molecule has 5 rings (SSSR count). The summed E-state index contributed by atoms with van der Waals surface area (Å²) in [6, 6.07) is 7.25. The number of aromatic hydroxyl groups is 2. The first-order valence-corrected chi connectivity index (χ1v) is 10.4. The van der Waals surface area contributed by atoms with Crippen LogP contribution in [-0.2, 0) is 5.41 Å². The number of Topliss-reactive ketones (excluding diaryl/α,β-unsaturated/α-hetero) is 2. The summed E-state index contributed by atoms with van der Waals surface area (Å²) in [7, 11) is 1.58. The number of allylic oxidation sites excluding steroid dienone is 1. The molecule has 33 heavy (non-hydrogen) atoms. The maximum Gasteiger partial charge on any atom is 0.185 e. The van der Waals surface area contributed by atoms with Crippen LogP contribution in [0.25, 0.3) is 11.8 Å². The topological polar surface area (TPSA) is 111 Å². The summed E-state index contributed by atoms with van der Waals surface area (Å²) in [6.07, 6.45) is 1.71. The van der Waals surface area contributed by atoms with Crippen LogP contribution in [0.2, 0.25) is 0 Å². The fourth-order valence-electron chi connectivity index (χ4n) is 4.71. The van der Waals surface area contributed by atoms with Gasteiger partial charge in [-0.3, -0.25) is 9.59 Å². The molecule has 2 aromatic carbocycles. The van der Waals surface area contributed by atoms with Gasteiger partial charge in [0.05, 0.1) is 35.3 Å². The van der Waals surface area contributed by atoms with Crippen LogP contribution in [-0.4, -0.2) is 38.7 Å². The smallest absolute Gasteiger partial charge is 0.185 e. The van der Waals surface area contributed by atoms with Gasteiger partial charge >= 0.3 is 0 Å². The van der Waals surface area contributed by atoms with Crippen LogP contribution in [0.1, 0.15) is 57.1 Å². The van der Waals surface area contributed by atoms with Crippen molar-refractivity contribution in [2.75, 3.05) is 7.11 Å². The first kappa shape index (κ1) is 20.8. The molecule has 2 N–H and O–H groups in total. The third kappa shape index (κ3) is 2.54. The number of ketones is 2. The van der Waals surface area contributed by atoms with E-state index in [-0.39, 0.29) is 45.5 Å². The van der Waals surface area contributed by atoms with E-state index >= 15 is 0 Å². The summed E-state index contributed by atoms with van der Waals surface area (Å²) >= 11 is 0.